The van der Waals surface area contributed by atoms with Crippen molar-refractivity contribution in [1.29, 1.82) is 0 Å². The lowest BCUT2D eigenvalue weighted by Gasteiger charge is -2.18. The first-order valence-corrected chi connectivity index (χ1v) is 13.5. The molecule has 0 aliphatic carbocycles. The minimum Gasteiger partial charge on any atom is -0.491 e. The third kappa shape index (κ3) is 5.53. The minimum absolute atomic E-state index is 0.0239. The molecule has 0 N–H and O–H groups in total. The van der Waals surface area contributed by atoms with Gasteiger partial charge in [0.25, 0.3) is 5.69 Å². The highest BCUT2D eigenvalue weighted by Gasteiger charge is 2.33. The Bertz CT molecular complexity index is 1700. The van der Waals surface area contributed by atoms with Crippen LogP contribution in [0, 0.1) is 24.0 Å². The van der Waals surface area contributed by atoms with Gasteiger partial charge in [-0.15, -0.1) is 0 Å². The number of nitro groups is 1. The summed E-state index contributed by atoms with van der Waals surface area (Å²) in [5.74, 6) is -0.501. The lowest BCUT2D eigenvalue weighted by molar-refractivity contribution is -0.384. The van der Waals surface area contributed by atoms with E-state index >= 15 is 0 Å². The van der Waals surface area contributed by atoms with Crippen molar-refractivity contribution in [2.75, 3.05) is 13.2 Å². The molecule has 214 valence electrons. The summed E-state index contributed by atoms with van der Waals surface area (Å²) >= 11 is 0. The Balaban J connectivity index is 1.58. The predicted octanol–water partition coefficient (Wildman–Crippen LogP) is 6.19. The first-order chi connectivity index (χ1) is 19.5. The maximum absolute atomic E-state index is 11.8. The molecule has 0 bridgehead atoms. The zero-order chi connectivity index (χ0) is 29.5. The highest BCUT2D eigenvalue weighted by molar-refractivity contribution is 6.19. The molecule has 10 nitrogen and oxygen atoms in total. The Kier molecular flexibility index (Phi) is 7.54. The predicted molar refractivity (Wildman–Crippen MR) is 155 cm³/mol. The van der Waals surface area contributed by atoms with Crippen LogP contribution in [-0.2, 0) is 25.7 Å². The second-order valence-corrected chi connectivity index (χ2v) is 10.6. The van der Waals surface area contributed by atoms with Crippen LogP contribution in [0.15, 0.2) is 53.7 Å². The number of ether oxygens (including phenoxy) is 3. The Morgan fingerprint density at radius 3 is 2.49 bits per heavy atom. The Hall–Kier alpha value is -4.28. The zero-order valence-electron chi connectivity index (χ0n) is 24.0. The number of aryl methyl sites for hydroxylation is 3. The molecular weight excluding hydrogens is 526 g/mol. The van der Waals surface area contributed by atoms with Gasteiger partial charge in [-0.3, -0.25) is 10.1 Å². The molecule has 2 heterocycles. The molecule has 0 radical (unpaired) electrons. The maximum Gasteiger partial charge on any atom is 0.332 e. The summed E-state index contributed by atoms with van der Waals surface area (Å²) in [6, 6.07) is 14.5. The Labute approximate surface area is 237 Å². The average Bonchev–Trinajstić information content (AvgIpc) is 3.44. The van der Waals surface area contributed by atoms with Crippen LogP contribution in [0.1, 0.15) is 49.9 Å². The van der Waals surface area contributed by atoms with Gasteiger partial charge in [-0.1, -0.05) is 11.2 Å². The second-order valence-electron chi connectivity index (χ2n) is 10.6. The molecule has 0 saturated carbocycles. The van der Waals surface area contributed by atoms with Crippen molar-refractivity contribution in [2.24, 2.45) is 5.16 Å². The van der Waals surface area contributed by atoms with Crippen LogP contribution < -0.4 is 4.74 Å². The van der Waals surface area contributed by atoms with E-state index < -0.39 is 11.8 Å². The van der Waals surface area contributed by atoms with Crippen LogP contribution in [0.3, 0.4) is 0 Å². The molecule has 1 saturated heterocycles. The van der Waals surface area contributed by atoms with Crippen molar-refractivity contribution in [3.8, 4) is 5.75 Å². The number of carbonyl (C=O) groups is 1. The second kappa shape index (κ2) is 10.9. The van der Waals surface area contributed by atoms with Crippen LogP contribution in [0.4, 0.5) is 5.69 Å². The number of nitro benzene ring substituents is 1. The number of hydrogen-bond donors (Lipinski definition) is 0. The normalized spacial score (nSPS) is 16.8. The summed E-state index contributed by atoms with van der Waals surface area (Å²) in [4.78, 5) is 28.1. The third-order valence-corrected chi connectivity index (χ3v) is 7.28. The minimum atomic E-state index is -0.622. The molecule has 4 aromatic rings. The summed E-state index contributed by atoms with van der Waals surface area (Å²) in [5.41, 5.74) is 5.60. The third-order valence-electron chi connectivity index (χ3n) is 7.28. The zero-order valence-corrected chi connectivity index (χ0v) is 24.0. The number of fused-ring (bicyclic) bond motifs is 3. The molecule has 1 aromatic heterocycles. The number of carbonyl (C=O) groups excluding carboxylic acids is 1. The van der Waals surface area contributed by atoms with E-state index in [0.717, 1.165) is 44.1 Å². The van der Waals surface area contributed by atoms with E-state index in [4.69, 9.17) is 19.0 Å². The molecule has 1 fully saturated rings. The maximum atomic E-state index is 11.8. The van der Waals surface area contributed by atoms with Gasteiger partial charge in [0.2, 0.25) is 0 Å². The van der Waals surface area contributed by atoms with Crippen molar-refractivity contribution in [3.05, 3.63) is 80.9 Å². The molecule has 1 unspecified atom stereocenters. The fourth-order valence-electron chi connectivity index (χ4n) is 5.44. The molecular formula is C31H33N3O7. The lowest BCUT2D eigenvalue weighted by atomic mass is 9.92. The molecule has 0 amide bonds. The molecule has 0 spiro atoms. The van der Waals surface area contributed by atoms with E-state index in [2.05, 4.69) is 9.72 Å². The van der Waals surface area contributed by atoms with Crippen LogP contribution in [0.25, 0.3) is 21.8 Å². The molecule has 1 aliphatic rings. The van der Waals surface area contributed by atoms with E-state index in [0.29, 0.717) is 31.2 Å². The van der Waals surface area contributed by atoms with E-state index in [1.807, 2.05) is 65.0 Å². The summed E-state index contributed by atoms with van der Waals surface area (Å²) in [6.07, 6.45) is -0.165. The monoisotopic (exact) mass is 559 g/mol. The molecule has 1 atom stereocenters. The number of aromatic nitrogens is 1. The summed E-state index contributed by atoms with van der Waals surface area (Å²) < 4.78 is 19.6. The number of non-ortho nitro benzene ring substituents is 1. The molecule has 5 rings (SSSR count). The van der Waals surface area contributed by atoms with Crippen LogP contribution in [0.2, 0.25) is 0 Å². The standard InChI is InChI=1S/C31H33N3O7/c1-7-33-27-12-8-21(34(36)37)15-26(27)29-19(3)25(11-13-28(29)33)30(32-41-20(4)35)24-10-9-22(14-18(24)2)38-16-23-17-39-31(5,6)40-23/h8-15,23H,7,16-17H2,1-6H3. The van der Waals surface area contributed by atoms with E-state index in [1.165, 1.54) is 13.0 Å². The fourth-order valence-corrected chi connectivity index (χ4v) is 5.44. The number of benzene rings is 3. The number of nitrogens with zero attached hydrogens (tertiary/aromatic N) is 3. The summed E-state index contributed by atoms with van der Waals surface area (Å²) in [6.45, 7) is 12.5. The highest BCUT2D eigenvalue weighted by atomic mass is 16.7. The highest BCUT2D eigenvalue weighted by Crippen LogP contribution is 2.36. The Morgan fingerprint density at radius 2 is 1.85 bits per heavy atom. The Morgan fingerprint density at radius 1 is 1.12 bits per heavy atom. The van der Waals surface area contributed by atoms with Crippen LogP contribution in [-0.4, -0.2) is 46.3 Å². The molecule has 3 aromatic carbocycles. The van der Waals surface area contributed by atoms with Gasteiger partial charge in [0, 0.05) is 58.5 Å². The molecule has 41 heavy (non-hydrogen) atoms. The van der Waals surface area contributed by atoms with Crippen molar-refractivity contribution in [3.63, 3.8) is 0 Å². The van der Waals surface area contributed by atoms with Gasteiger partial charge >= 0.3 is 5.97 Å². The topological polar surface area (TPSA) is 114 Å². The SMILES string of the molecule is CCn1c2ccc([N+](=O)[O-])cc2c2c(C)c(C(=NOC(C)=O)c3ccc(OCC4COC(C)(C)O4)cc3C)ccc21. The largest absolute Gasteiger partial charge is 0.491 e. The van der Waals surface area contributed by atoms with Crippen molar-refractivity contribution < 1.29 is 28.8 Å². The number of hydrogen-bond acceptors (Lipinski definition) is 8. The summed E-state index contributed by atoms with van der Waals surface area (Å²) in [7, 11) is 0. The fraction of sp³-hybridized carbons (Fsp3) is 0.355. The molecule has 1 aliphatic heterocycles. The average molecular weight is 560 g/mol. The number of rotatable bonds is 8. The first-order valence-electron chi connectivity index (χ1n) is 13.5. The van der Waals surface area contributed by atoms with Gasteiger partial charge in [0.1, 0.15) is 24.2 Å². The van der Waals surface area contributed by atoms with Gasteiger partial charge in [-0.05, 0) is 76.1 Å². The van der Waals surface area contributed by atoms with Crippen molar-refractivity contribution in [1.82, 2.24) is 4.57 Å². The van der Waals surface area contributed by atoms with Gasteiger partial charge < -0.3 is 23.6 Å². The van der Waals surface area contributed by atoms with E-state index in [9.17, 15) is 14.9 Å². The quantitative estimate of drug-likeness (QED) is 0.109. The molecule has 10 heteroatoms. The smallest absolute Gasteiger partial charge is 0.332 e. The van der Waals surface area contributed by atoms with Gasteiger partial charge in [-0.2, -0.15) is 0 Å². The van der Waals surface area contributed by atoms with Crippen LogP contribution >= 0.6 is 0 Å². The van der Waals surface area contributed by atoms with Crippen molar-refractivity contribution in [2.45, 2.75) is 60.0 Å². The van der Waals surface area contributed by atoms with Gasteiger partial charge in [-0.25, -0.2) is 4.79 Å². The summed E-state index contributed by atoms with van der Waals surface area (Å²) in [5, 5.41) is 17.5. The van der Waals surface area contributed by atoms with E-state index in [-0.39, 0.29) is 16.7 Å². The van der Waals surface area contributed by atoms with Crippen LogP contribution in [0.5, 0.6) is 5.75 Å². The van der Waals surface area contributed by atoms with Gasteiger partial charge in [0.15, 0.2) is 5.79 Å². The van der Waals surface area contributed by atoms with Gasteiger partial charge in [0.05, 0.1) is 11.5 Å². The lowest BCUT2D eigenvalue weighted by Crippen LogP contribution is -2.25. The van der Waals surface area contributed by atoms with E-state index in [1.54, 1.807) is 12.1 Å². The first kappa shape index (κ1) is 28.3. The van der Waals surface area contributed by atoms with Crippen molar-refractivity contribution >= 4 is 39.2 Å². The number of oxime groups is 1.